The van der Waals surface area contributed by atoms with Crippen LogP contribution in [-0.4, -0.2) is 32.4 Å². The Balaban J connectivity index is 0.000000184. The maximum Gasteiger partial charge on any atom is 0.339 e. The summed E-state index contributed by atoms with van der Waals surface area (Å²) >= 11 is 0. The number of fused-ring (bicyclic) bond motifs is 2. The van der Waals surface area contributed by atoms with Gasteiger partial charge in [-0.25, -0.2) is 9.59 Å². The van der Waals surface area contributed by atoms with Gasteiger partial charge in [-0.3, -0.25) is 0 Å². The summed E-state index contributed by atoms with van der Waals surface area (Å²) in [5, 5.41) is 40.7. The summed E-state index contributed by atoms with van der Waals surface area (Å²) in [6, 6.07) is 37.2. The van der Waals surface area contributed by atoms with Gasteiger partial charge >= 0.3 is 11.9 Å². The molecule has 0 saturated carbocycles. The molecule has 0 unspecified atom stereocenters. The number of aromatic hydroxyl groups is 2. The molecule has 41 heavy (non-hydrogen) atoms. The van der Waals surface area contributed by atoms with Crippen LogP contribution in [0.2, 0.25) is 0 Å². The second kappa shape index (κ2) is 12.6. The molecule has 0 atom stereocenters. The largest absolute Gasteiger partial charge is 0.507 e. The van der Waals surface area contributed by atoms with E-state index in [1.807, 2.05) is 97.1 Å². The average molecular weight is 620 g/mol. The Morgan fingerprint density at radius 1 is 0.415 bits per heavy atom. The van der Waals surface area contributed by atoms with E-state index in [9.17, 15) is 19.8 Å². The SMILES string of the molecule is O=C(O)c1cc2cc(-c3ccccc3)ccc2cc1O.O=C(O)c1cc2cc(-c3ccccc3)ccc2cc1O.[Zr]. The number of hydrogen-bond acceptors (Lipinski definition) is 4. The van der Waals surface area contributed by atoms with E-state index in [0.29, 0.717) is 0 Å². The van der Waals surface area contributed by atoms with Gasteiger partial charge in [-0.05, 0) is 80.2 Å². The number of carboxylic acid groups (broad SMARTS) is 2. The van der Waals surface area contributed by atoms with Crippen molar-refractivity contribution in [2.75, 3.05) is 0 Å². The minimum absolute atomic E-state index is 0. The first kappa shape index (κ1) is 29.3. The van der Waals surface area contributed by atoms with Gasteiger partial charge in [0.1, 0.15) is 22.6 Å². The summed E-state index contributed by atoms with van der Waals surface area (Å²) in [4.78, 5) is 22.1. The predicted octanol–water partition coefficient (Wildman–Crippen LogP) is 7.82. The Labute approximate surface area is 254 Å². The molecule has 7 heteroatoms. The smallest absolute Gasteiger partial charge is 0.339 e. The fourth-order valence-electron chi connectivity index (χ4n) is 4.53. The van der Waals surface area contributed by atoms with Crippen molar-refractivity contribution >= 4 is 33.5 Å². The monoisotopic (exact) mass is 618 g/mol. The molecule has 0 radical (unpaired) electrons. The van der Waals surface area contributed by atoms with Gasteiger partial charge in [-0.15, -0.1) is 0 Å². The van der Waals surface area contributed by atoms with Gasteiger partial charge < -0.3 is 20.4 Å². The van der Waals surface area contributed by atoms with E-state index in [0.717, 1.165) is 43.8 Å². The van der Waals surface area contributed by atoms with Gasteiger partial charge in [-0.2, -0.15) is 0 Å². The molecule has 6 aromatic rings. The van der Waals surface area contributed by atoms with E-state index < -0.39 is 11.9 Å². The number of aromatic carboxylic acids is 2. The van der Waals surface area contributed by atoms with Crippen LogP contribution in [0.1, 0.15) is 20.7 Å². The Kier molecular flexibility index (Phi) is 9.01. The third kappa shape index (κ3) is 6.54. The third-order valence-corrected chi connectivity index (χ3v) is 6.58. The zero-order chi connectivity index (χ0) is 28.2. The topological polar surface area (TPSA) is 115 Å². The Morgan fingerprint density at radius 2 is 0.780 bits per heavy atom. The van der Waals surface area contributed by atoms with Crippen molar-refractivity contribution in [2.24, 2.45) is 0 Å². The molecule has 0 fully saturated rings. The summed E-state index contributed by atoms with van der Waals surface area (Å²) in [5.41, 5.74) is 4.00. The quantitative estimate of drug-likeness (QED) is 0.160. The molecule has 0 bridgehead atoms. The number of carboxylic acids is 2. The summed E-state index contributed by atoms with van der Waals surface area (Å²) < 4.78 is 0. The van der Waals surface area contributed by atoms with E-state index in [4.69, 9.17) is 10.2 Å². The molecule has 0 heterocycles. The Hall–Kier alpha value is -4.74. The third-order valence-electron chi connectivity index (χ3n) is 6.58. The minimum atomic E-state index is -1.13. The van der Waals surface area contributed by atoms with Gasteiger partial charge in [0.05, 0.1) is 0 Å². The fraction of sp³-hybridized carbons (Fsp3) is 0. The zero-order valence-corrected chi connectivity index (χ0v) is 24.1. The minimum Gasteiger partial charge on any atom is -0.507 e. The van der Waals surface area contributed by atoms with Crippen molar-refractivity contribution in [1.82, 2.24) is 0 Å². The van der Waals surface area contributed by atoms with Crippen molar-refractivity contribution in [3.8, 4) is 33.8 Å². The van der Waals surface area contributed by atoms with Crippen LogP contribution >= 0.6 is 0 Å². The molecule has 0 aliphatic rings. The number of carbonyl (C=O) groups is 2. The van der Waals surface area contributed by atoms with Crippen LogP contribution in [0, 0.1) is 0 Å². The zero-order valence-electron chi connectivity index (χ0n) is 21.7. The molecule has 0 saturated heterocycles. The van der Waals surface area contributed by atoms with Gasteiger partial charge in [0, 0.05) is 26.2 Å². The maximum absolute atomic E-state index is 11.1. The van der Waals surface area contributed by atoms with Crippen molar-refractivity contribution < 1.29 is 56.2 Å². The van der Waals surface area contributed by atoms with E-state index in [1.165, 1.54) is 24.3 Å². The molecule has 6 nitrogen and oxygen atoms in total. The number of hydrogen-bond donors (Lipinski definition) is 4. The second-order valence-electron chi connectivity index (χ2n) is 9.20. The van der Waals surface area contributed by atoms with Crippen LogP contribution < -0.4 is 0 Å². The van der Waals surface area contributed by atoms with Crippen LogP contribution in [0.4, 0.5) is 0 Å². The van der Waals surface area contributed by atoms with Crippen LogP contribution in [0.25, 0.3) is 43.8 Å². The molecule has 0 amide bonds. The predicted molar refractivity (Wildman–Crippen MR) is 156 cm³/mol. The summed E-state index contributed by atoms with van der Waals surface area (Å²) in [6.07, 6.45) is 0. The van der Waals surface area contributed by atoms with Gasteiger partial charge in [0.2, 0.25) is 0 Å². The van der Waals surface area contributed by atoms with E-state index in [2.05, 4.69) is 0 Å². The normalized spacial score (nSPS) is 10.3. The van der Waals surface area contributed by atoms with E-state index in [-0.39, 0.29) is 48.8 Å². The fourth-order valence-corrected chi connectivity index (χ4v) is 4.53. The Bertz CT molecular complexity index is 1730. The van der Waals surface area contributed by atoms with Crippen molar-refractivity contribution in [3.63, 3.8) is 0 Å². The van der Waals surface area contributed by atoms with E-state index >= 15 is 0 Å². The summed E-state index contributed by atoms with van der Waals surface area (Å²) in [5.74, 6) is -2.68. The standard InChI is InChI=1S/2C17H12O3.Zr/c2*18-16-10-13-7-6-12(11-4-2-1-3-5-11)8-14(13)9-15(16)17(19)20;/h2*1-10,18H,(H,19,20);. The number of benzene rings is 6. The average Bonchev–Trinajstić information content (AvgIpc) is 2.97. The van der Waals surface area contributed by atoms with E-state index in [1.54, 1.807) is 0 Å². The second-order valence-corrected chi connectivity index (χ2v) is 9.20. The molecule has 200 valence electrons. The van der Waals surface area contributed by atoms with Gasteiger partial charge in [0.25, 0.3) is 0 Å². The van der Waals surface area contributed by atoms with Crippen LogP contribution in [0.15, 0.2) is 121 Å². The first-order valence-corrected chi connectivity index (χ1v) is 12.4. The first-order chi connectivity index (χ1) is 19.3. The van der Waals surface area contributed by atoms with Crippen molar-refractivity contribution in [2.45, 2.75) is 0 Å². The van der Waals surface area contributed by atoms with Crippen molar-refractivity contribution in [3.05, 3.63) is 132 Å². The molecule has 0 spiro atoms. The number of phenols is 2. The van der Waals surface area contributed by atoms with Crippen molar-refractivity contribution in [1.29, 1.82) is 0 Å². The van der Waals surface area contributed by atoms with Crippen LogP contribution in [0.3, 0.4) is 0 Å². The molecular formula is C34H24O6Zr. The van der Waals surface area contributed by atoms with Crippen LogP contribution in [-0.2, 0) is 26.2 Å². The molecular weight excluding hydrogens is 596 g/mol. The van der Waals surface area contributed by atoms with Gasteiger partial charge in [-0.1, -0.05) is 84.9 Å². The number of rotatable bonds is 4. The molecule has 6 rings (SSSR count). The van der Waals surface area contributed by atoms with Gasteiger partial charge in [0.15, 0.2) is 0 Å². The molecule has 4 N–H and O–H groups in total. The molecule has 0 aliphatic heterocycles. The Morgan fingerprint density at radius 3 is 1.12 bits per heavy atom. The molecule has 0 aliphatic carbocycles. The molecule has 0 aromatic heterocycles. The summed E-state index contributed by atoms with van der Waals surface area (Å²) in [7, 11) is 0. The summed E-state index contributed by atoms with van der Waals surface area (Å²) in [6.45, 7) is 0. The maximum atomic E-state index is 11.1. The molecule has 6 aromatic carbocycles. The first-order valence-electron chi connectivity index (χ1n) is 12.4. The van der Waals surface area contributed by atoms with Crippen LogP contribution in [0.5, 0.6) is 11.5 Å².